The summed E-state index contributed by atoms with van der Waals surface area (Å²) in [6.45, 7) is 0.590. The van der Waals surface area contributed by atoms with E-state index >= 15 is 0 Å². The van der Waals surface area contributed by atoms with Gasteiger partial charge in [0.05, 0.1) is 5.69 Å². The van der Waals surface area contributed by atoms with Crippen LogP contribution in [0.15, 0.2) is 40.8 Å². The molecule has 0 fully saturated rings. The van der Waals surface area contributed by atoms with Gasteiger partial charge in [-0.25, -0.2) is 9.42 Å². The lowest BCUT2D eigenvalue weighted by atomic mass is 10.3. The SMILES string of the molecule is SN1CN(c2ccccc2)N=N1. The fraction of sp³-hybridized carbons (Fsp3) is 0.143. The van der Waals surface area contributed by atoms with Gasteiger partial charge in [-0.05, 0) is 35.4 Å². The minimum Gasteiger partial charge on any atom is -0.223 e. The molecule has 0 saturated heterocycles. The number of hydrogen-bond donors (Lipinski definition) is 1. The summed E-state index contributed by atoms with van der Waals surface area (Å²) in [5, 5.41) is 9.41. The maximum Gasteiger partial charge on any atom is 0.144 e. The van der Waals surface area contributed by atoms with Crippen molar-refractivity contribution in [2.45, 2.75) is 0 Å². The maximum absolute atomic E-state index is 4.03. The van der Waals surface area contributed by atoms with Gasteiger partial charge in [-0.1, -0.05) is 18.2 Å². The first-order valence-electron chi connectivity index (χ1n) is 3.57. The topological polar surface area (TPSA) is 31.2 Å². The molecule has 5 heteroatoms. The van der Waals surface area contributed by atoms with Crippen LogP contribution in [0.4, 0.5) is 5.69 Å². The van der Waals surface area contributed by atoms with E-state index in [0.717, 1.165) is 5.69 Å². The normalized spacial score (nSPS) is 15.8. The van der Waals surface area contributed by atoms with Crippen molar-refractivity contribution in [3.63, 3.8) is 0 Å². The van der Waals surface area contributed by atoms with Crippen LogP contribution in [-0.4, -0.2) is 11.1 Å². The Morgan fingerprint density at radius 3 is 2.50 bits per heavy atom. The number of nitrogens with zero attached hydrogens (tertiary/aromatic N) is 4. The third kappa shape index (κ3) is 1.35. The smallest absolute Gasteiger partial charge is 0.144 e. The van der Waals surface area contributed by atoms with E-state index in [1.807, 2.05) is 30.3 Å². The van der Waals surface area contributed by atoms with Crippen LogP contribution in [0, 0.1) is 0 Å². The molecule has 0 aliphatic carbocycles. The second-order valence-corrected chi connectivity index (χ2v) is 2.89. The lowest BCUT2D eigenvalue weighted by molar-refractivity contribution is 0.560. The van der Waals surface area contributed by atoms with Gasteiger partial charge in [0.25, 0.3) is 0 Å². The number of anilines is 1. The predicted octanol–water partition coefficient (Wildman–Crippen LogP) is 1.89. The summed E-state index contributed by atoms with van der Waals surface area (Å²) in [6, 6.07) is 9.85. The summed E-state index contributed by atoms with van der Waals surface area (Å²) in [5.41, 5.74) is 1.03. The first-order valence-corrected chi connectivity index (χ1v) is 3.97. The summed E-state index contributed by atoms with van der Waals surface area (Å²) in [6.07, 6.45) is 0. The van der Waals surface area contributed by atoms with Crippen LogP contribution < -0.4 is 5.01 Å². The van der Waals surface area contributed by atoms with Crippen molar-refractivity contribution in [2.24, 2.45) is 10.4 Å². The van der Waals surface area contributed by atoms with Gasteiger partial charge >= 0.3 is 0 Å². The molecular formula is C7H8N4S. The monoisotopic (exact) mass is 180 g/mol. The third-order valence-corrected chi connectivity index (χ3v) is 1.77. The molecule has 0 atom stereocenters. The molecule has 0 spiro atoms. The van der Waals surface area contributed by atoms with E-state index in [-0.39, 0.29) is 0 Å². The lowest BCUT2D eigenvalue weighted by Crippen LogP contribution is -2.18. The van der Waals surface area contributed by atoms with Crippen LogP contribution in [0.25, 0.3) is 0 Å². The quantitative estimate of drug-likeness (QED) is 0.669. The van der Waals surface area contributed by atoms with Crippen molar-refractivity contribution >= 4 is 18.5 Å². The van der Waals surface area contributed by atoms with Crippen LogP contribution >= 0.6 is 12.8 Å². The predicted molar refractivity (Wildman–Crippen MR) is 49.5 cm³/mol. The number of thiol groups is 1. The van der Waals surface area contributed by atoms with E-state index in [9.17, 15) is 0 Å². The summed E-state index contributed by atoms with van der Waals surface area (Å²) in [4.78, 5) is 0. The zero-order chi connectivity index (χ0) is 8.39. The van der Waals surface area contributed by atoms with Gasteiger partial charge in [0, 0.05) is 0 Å². The van der Waals surface area contributed by atoms with Gasteiger partial charge in [-0.15, -0.1) is 0 Å². The van der Waals surface area contributed by atoms with Gasteiger partial charge in [0.1, 0.15) is 6.67 Å². The first kappa shape index (κ1) is 7.42. The molecule has 0 saturated carbocycles. The second-order valence-electron chi connectivity index (χ2n) is 2.43. The van der Waals surface area contributed by atoms with Crippen molar-refractivity contribution in [1.29, 1.82) is 0 Å². The molecule has 0 unspecified atom stereocenters. The molecule has 1 aromatic rings. The summed E-state index contributed by atoms with van der Waals surface area (Å²) in [5.74, 6) is 0. The fourth-order valence-electron chi connectivity index (χ4n) is 1.00. The van der Waals surface area contributed by atoms with Crippen molar-refractivity contribution < 1.29 is 0 Å². The minimum atomic E-state index is 0.590. The summed E-state index contributed by atoms with van der Waals surface area (Å²) in [7, 11) is 0. The standard InChI is InChI=1S/C7H8N4S/c12-11-6-10(8-9-11)7-4-2-1-3-5-7/h1-5,12H,6H2. The molecule has 0 bridgehead atoms. The minimum absolute atomic E-state index is 0.590. The van der Waals surface area contributed by atoms with Crippen molar-refractivity contribution in [2.75, 3.05) is 11.7 Å². The molecule has 62 valence electrons. The Morgan fingerprint density at radius 1 is 1.17 bits per heavy atom. The summed E-state index contributed by atoms with van der Waals surface area (Å²) >= 11 is 4.03. The van der Waals surface area contributed by atoms with Crippen LogP contribution in [0.5, 0.6) is 0 Å². The van der Waals surface area contributed by atoms with E-state index < -0.39 is 0 Å². The average molecular weight is 180 g/mol. The van der Waals surface area contributed by atoms with Crippen molar-refractivity contribution in [1.82, 2.24) is 4.41 Å². The number of para-hydroxylation sites is 1. The first-order chi connectivity index (χ1) is 5.86. The van der Waals surface area contributed by atoms with Crippen LogP contribution in [0.3, 0.4) is 0 Å². The molecule has 2 rings (SSSR count). The Labute approximate surface area is 76.0 Å². The molecule has 0 aromatic heterocycles. The summed E-state index contributed by atoms with van der Waals surface area (Å²) < 4.78 is 1.48. The second kappa shape index (κ2) is 3.02. The van der Waals surface area contributed by atoms with Crippen LogP contribution in [0.2, 0.25) is 0 Å². The van der Waals surface area contributed by atoms with Crippen molar-refractivity contribution in [3.05, 3.63) is 30.3 Å². The van der Waals surface area contributed by atoms with E-state index in [1.54, 1.807) is 5.01 Å². The highest BCUT2D eigenvalue weighted by molar-refractivity contribution is 7.77. The zero-order valence-corrected chi connectivity index (χ0v) is 7.22. The molecule has 0 radical (unpaired) electrons. The van der Waals surface area contributed by atoms with Crippen LogP contribution in [-0.2, 0) is 0 Å². The number of benzene rings is 1. The van der Waals surface area contributed by atoms with Crippen LogP contribution in [0.1, 0.15) is 0 Å². The molecule has 4 nitrogen and oxygen atoms in total. The largest absolute Gasteiger partial charge is 0.223 e. The Hall–Kier alpha value is -1.23. The number of rotatable bonds is 1. The highest BCUT2D eigenvalue weighted by atomic mass is 32.1. The molecule has 1 aliphatic heterocycles. The van der Waals surface area contributed by atoms with E-state index in [0.29, 0.717) is 6.67 Å². The highest BCUT2D eigenvalue weighted by Crippen LogP contribution is 2.19. The Balaban J connectivity index is 2.18. The molecule has 0 N–H and O–H groups in total. The van der Waals surface area contributed by atoms with Gasteiger partial charge in [-0.2, -0.15) is 0 Å². The average Bonchev–Trinajstić information content (AvgIpc) is 2.54. The maximum atomic E-state index is 4.03. The third-order valence-electron chi connectivity index (χ3n) is 1.57. The molecule has 0 amide bonds. The van der Waals surface area contributed by atoms with Crippen molar-refractivity contribution in [3.8, 4) is 0 Å². The van der Waals surface area contributed by atoms with Gasteiger partial charge in [-0.3, -0.25) is 0 Å². The number of hydrogen-bond acceptors (Lipinski definition) is 5. The molecular weight excluding hydrogens is 172 g/mol. The Kier molecular flexibility index (Phi) is 1.87. The fourth-order valence-corrected chi connectivity index (χ4v) is 1.16. The molecule has 1 heterocycles. The Bertz CT molecular complexity index is 287. The Morgan fingerprint density at radius 2 is 1.92 bits per heavy atom. The van der Waals surface area contributed by atoms with Gasteiger partial charge in [0.2, 0.25) is 0 Å². The lowest BCUT2D eigenvalue weighted by Gasteiger charge is -2.11. The zero-order valence-electron chi connectivity index (χ0n) is 6.33. The van der Waals surface area contributed by atoms with E-state index in [2.05, 4.69) is 23.3 Å². The molecule has 1 aromatic carbocycles. The van der Waals surface area contributed by atoms with E-state index in [1.165, 1.54) is 4.41 Å². The molecule has 12 heavy (non-hydrogen) atoms. The highest BCUT2D eigenvalue weighted by Gasteiger charge is 2.13. The van der Waals surface area contributed by atoms with Gasteiger partial charge in [0.15, 0.2) is 0 Å². The van der Waals surface area contributed by atoms with E-state index in [4.69, 9.17) is 0 Å². The molecule has 1 aliphatic rings. The van der Waals surface area contributed by atoms with Gasteiger partial charge < -0.3 is 0 Å².